The molecule has 1 heterocycles. The van der Waals surface area contributed by atoms with Gasteiger partial charge in [0.15, 0.2) is 5.82 Å². The zero-order chi connectivity index (χ0) is 18.4. The average molecular weight is 345 g/mol. The Hall–Kier alpha value is -2.41. The molecular weight excluding hydrogens is 318 g/mol. The third-order valence-electron chi connectivity index (χ3n) is 4.06. The lowest BCUT2D eigenvalue weighted by molar-refractivity contribution is 0.184. The van der Waals surface area contributed by atoms with E-state index >= 15 is 0 Å². The summed E-state index contributed by atoms with van der Waals surface area (Å²) in [5.74, 6) is 1.01. The molecule has 2 aromatic rings. The van der Waals surface area contributed by atoms with Crippen LogP contribution in [0.2, 0.25) is 0 Å². The number of hydrogen-bond acceptors (Lipinski definition) is 5. The molecule has 7 nitrogen and oxygen atoms in total. The van der Waals surface area contributed by atoms with Crippen LogP contribution in [0.25, 0.3) is 0 Å². The summed E-state index contributed by atoms with van der Waals surface area (Å²) in [6.07, 6.45) is 0. The molecule has 0 bridgehead atoms. The minimum absolute atomic E-state index is 0.105. The number of rotatable bonds is 7. The van der Waals surface area contributed by atoms with Crippen LogP contribution >= 0.6 is 0 Å². The van der Waals surface area contributed by atoms with Gasteiger partial charge in [-0.25, -0.2) is 4.79 Å². The third-order valence-corrected chi connectivity index (χ3v) is 4.06. The van der Waals surface area contributed by atoms with Crippen molar-refractivity contribution in [1.82, 2.24) is 25.3 Å². The van der Waals surface area contributed by atoms with Crippen molar-refractivity contribution in [3.63, 3.8) is 0 Å². The van der Waals surface area contributed by atoms with Crippen molar-refractivity contribution < 1.29 is 9.32 Å². The summed E-state index contributed by atoms with van der Waals surface area (Å²) in [5, 5.41) is 6.77. The molecule has 0 saturated heterocycles. The van der Waals surface area contributed by atoms with E-state index in [2.05, 4.69) is 45.5 Å². The number of benzene rings is 1. The topological polar surface area (TPSA) is 74.5 Å². The molecular formula is C18H27N5O2. The summed E-state index contributed by atoms with van der Waals surface area (Å²) < 4.78 is 5.10. The quantitative estimate of drug-likeness (QED) is 0.835. The Kier molecular flexibility index (Phi) is 6.52. The number of likely N-dealkylation sites (N-methyl/N-ethyl adjacent to an activating group) is 1. The second-order valence-electron chi connectivity index (χ2n) is 6.33. The van der Waals surface area contributed by atoms with Crippen LogP contribution in [0.3, 0.4) is 0 Å². The van der Waals surface area contributed by atoms with Gasteiger partial charge in [-0.3, -0.25) is 0 Å². The molecule has 25 heavy (non-hydrogen) atoms. The van der Waals surface area contributed by atoms with Crippen LogP contribution in [0.15, 0.2) is 28.8 Å². The molecule has 0 unspecified atom stereocenters. The molecule has 0 saturated carbocycles. The van der Waals surface area contributed by atoms with Crippen molar-refractivity contribution in [3.8, 4) is 0 Å². The molecule has 0 aliphatic rings. The number of aromatic nitrogens is 2. The number of aryl methyl sites for hydroxylation is 2. The highest BCUT2D eigenvalue weighted by atomic mass is 16.5. The van der Waals surface area contributed by atoms with Crippen molar-refractivity contribution in [2.75, 3.05) is 27.2 Å². The monoisotopic (exact) mass is 345 g/mol. The first-order chi connectivity index (χ1) is 11.9. The van der Waals surface area contributed by atoms with Gasteiger partial charge in [0.25, 0.3) is 0 Å². The SMILES string of the molecule is CCN(Cc1nc(C)no1)C(=O)NC[C@H](c1cccc(C)c1)N(C)C. The van der Waals surface area contributed by atoms with Gasteiger partial charge in [-0.2, -0.15) is 4.98 Å². The van der Waals surface area contributed by atoms with Crippen LogP contribution < -0.4 is 5.32 Å². The molecule has 2 rings (SSSR count). The average Bonchev–Trinajstić information content (AvgIpc) is 2.97. The molecule has 0 fully saturated rings. The van der Waals surface area contributed by atoms with Crippen LogP contribution in [0.5, 0.6) is 0 Å². The third kappa shape index (κ3) is 5.29. The van der Waals surface area contributed by atoms with Gasteiger partial charge in [0.2, 0.25) is 5.89 Å². The Balaban J connectivity index is 1.99. The fourth-order valence-corrected chi connectivity index (χ4v) is 2.67. The molecule has 7 heteroatoms. The van der Waals surface area contributed by atoms with E-state index < -0.39 is 0 Å². The first-order valence-electron chi connectivity index (χ1n) is 8.45. The highest BCUT2D eigenvalue weighted by molar-refractivity contribution is 5.74. The van der Waals surface area contributed by atoms with E-state index in [1.165, 1.54) is 11.1 Å². The predicted molar refractivity (Wildman–Crippen MR) is 96.1 cm³/mol. The summed E-state index contributed by atoms with van der Waals surface area (Å²) >= 11 is 0. The van der Waals surface area contributed by atoms with E-state index in [1.807, 2.05) is 27.1 Å². The predicted octanol–water partition coefficient (Wildman–Crippen LogP) is 2.52. The standard InChI is InChI=1S/C18H27N5O2/c1-6-23(12-17-20-14(3)21-25-17)18(24)19-11-16(22(4)5)15-9-7-8-13(2)10-15/h7-10,16H,6,11-12H2,1-5H3,(H,19,24)/t16-/m1/s1. The Morgan fingerprint density at radius 3 is 2.64 bits per heavy atom. The summed E-state index contributed by atoms with van der Waals surface area (Å²) in [5.41, 5.74) is 2.39. The fraction of sp³-hybridized carbons (Fsp3) is 0.500. The maximum absolute atomic E-state index is 12.5. The summed E-state index contributed by atoms with van der Waals surface area (Å²) in [4.78, 5) is 20.4. The van der Waals surface area contributed by atoms with E-state index in [0.29, 0.717) is 31.3 Å². The molecule has 0 aliphatic heterocycles. The molecule has 1 N–H and O–H groups in total. The molecule has 0 aliphatic carbocycles. The Labute approximate surface area is 149 Å². The van der Waals surface area contributed by atoms with E-state index in [9.17, 15) is 4.79 Å². The van der Waals surface area contributed by atoms with Crippen molar-refractivity contribution in [1.29, 1.82) is 0 Å². The molecule has 1 atom stereocenters. The number of nitrogens with one attached hydrogen (secondary N) is 1. The highest BCUT2D eigenvalue weighted by Gasteiger charge is 2.19. The van der Waals surface area contributed by atoms with Crippen molar-refractivity contribution >= 4 is 6.03 Å². The van der Waals surface area contributed by atoms with E-state index in [-0.39, 0.29) is 12.1 Å². The number of amides is 2. The second-order valence-corrected chi connectivity index (χ2v) is 6.33. The molecule has 0 radical (unpaired) electrons. The van der Waals surface area contributed by atoms with Gasteiger partial charge >= 0.3 is 6.03 Å². The number of carbonyl (C=O) groups excluding carboxylic acids is 1. The summed E-state index contributed by atoms with van der Waals surface area (Å²) in [6, 6.07) is 8.31. The Bertz CT molecular complexity index is 698. The summed E-state index contributed by atoms with van der Waals surface area (Å²) in [7, 11) is 4.02. The fourth-order valence-electron chi connectivity index (χ4n) is 2.67. The molecule has 0 spiro atoms. The second kappa shape index (κ2) is 8.62. The van der Waals surface area contributed by atoms with Gasteiger partial charge < -0.3 is 19.6 Å². The largest absolute Gasteiger partial charge is 0.337 e. The van der Waals surface area contributed by atoms with E-state index in [0.717, 1.165) is 0 Å². The van der Waals surface area contributed by atoms with Crippen LogP contribution in [-0.4, -0.2) is 53.2 Å². The van der Waals surface area contributed by atoms with Gasteiger partial charge in [0, 0.05) is 13.1 Å². The van der Waals surface area contributed by atoms with E-state index in [4.69, 9.17) is 4.52 Å². The number of urea groups is 1. The minimum atomic E-state index is -0.141. The molecule has 2 amide bonds. The molecule has 1 aromatic carbocycles. The lowest BCUT2D eigenvalue weighted by Gasteiger charge is -2.27. The van der Waals surface area contributed by atoms with Crippen molar-refractivity contribution in [2.24, 2.45) is 0 Å². The zero-order valence-corrected chi connectivity index (χ0v) is 15.6. The molecule has 1 aromatic heterocycles. The smallest absolute Gasteiger partial charge is 0.317 e. The highest BCUT2D eigenvalue weighted by Crippen LogP contribution is 2.18. The van der Waals surface area contributed by atoms with Gasteiger partial charge in [0.1, 0.15) is 6.54 Å². The first-order valence-corrected chi connectivity index (χ1v) is 8.45. The van der Waals surface area contributed by atoms with Crippen LogP contribution in [0, 0.1) is 13.8 Å². The van der Waals surface area contributed by atoms with Gasteiger partial charge in [-0.15, -0.1) is 0 Å². The Morgan fingerprint density at radius 1 is 1.32 bits per heavy atom. The van der Waals surface area contributed by atoms with Gasteiger partial charge in [0.05, 0.1) is 6.04 Å². The Morgan fingerprint density at radius 2 is 2.08 bits per heavy atom. The zero-order valence-electron chi connectivity index (χ0n) is 15.6. The van der Waals surface area contributed by atoms with Crippen LogP contribution in [0.4, 0.5) is 4.79 Å². The van der Waals surface area contributed by atoms with Crippen LogP contribution in [0.1, 0.15) is 35.8 Å². The minimum Gasteiger partial charge on any atom is -0.337 e. The normalized spacial score (nSPS) is 12.2. The number of carbonyl (C=O) groups is 1. The first kappa shape index (κ1) is 18.9. The van der Waals surface area contributed by atoms with Gasteiger partial charge in [-0.1, -0.05) is 35.0 Å². The van der Waals surface area contributed by atoms with Gasteiger partial charge in [-0.05, 0) is 40.4 Å². The summed E-state index contributed by atoms with van der Waals surface area (Å²) in [6.45, 7) is 7.14. The van der Waals surface area contributed by atoms with E-state index in [1.54, 1.807) is 11.8 Å². The lowest BCUT2D eigenvalue weighted by Crippen LogP contribution is -2.43. The number of hydrogen-bond donors (Lipinski definition) is 1. The maximum Gasteiger partial charge on any atom is 0.317 e. The number of nitrogens with zero attached hydrogens (tertiary/aromatic N) is 4. The van der Waals surface area contributed by atoms with Crippen LogP contribution in [-0.2, 0) is 6.54 Å². The maximum atomic E-state index is 12.5. The van der Waals surface area contributed by atoms with Crippen molar-refractivity contribution in [2.45, 2.75) is 33.4 Å². The lowest BCUT2D eigenvalue weighted by atomic mass is 10.0. The van der Waals surface area contributed by atoms with Crippen molar-refractivity contribution in [3.05, 3.63) is 47.1 Å². The molecule has 136 valence electrons.